The maximum absolute atomic E-state index is 14.8. The normalized spacial score (nSPS) is 14.2. The Morgan fingerprint density at radius 3 is 1.45 bits per heavy atom. The van der Waals surface area contributed by atoms with Gasteiger partial charge in [-0.25, -0.2) is 0 Å². The first kappa shape index (κ1) is 56.3. The Hall–Kier alpha value is -7.46. The number of carboxylic acid groups (broad SMARTS) is 1. The molecule has 0 heterocycles. The van der Waals surface area contributed by atoms with Gasteiger partial charge in [0.15, 0.2) is 0 Å². The minimum absolute atomic E-state index is 0.0688. The van der Waals surface area contributed by atoms with Crippen molar-refractivity contribution >= 4 is 59.1 Å². The molecule has 0 spiro atoms. The number of aliphatic hydroxyl groups is 1. The van der Waals surface area contributed by atoms with E-state index in [1.54, 1.807) is 11.8 Å². The molecule has 1 saturated carbocycles. The van der Waals surface area contributed by atoms with E-state index in [9.17, 15) is 39.0 Å². The highest BCUT2D eigenvalue weighted by molar-refractivity contribution is 8.00. The smallest absolute Gasteiger partial charge is 0.325 e. The molecule has 4 amide bonds. The molecule has 3 atom stereocenters. The van der Waals surface area contributed by atoms with Crippen molar-refractivity contribution in [1.82, 2.24) is 21.3 Å². The third-order valence-corrected chi connectivity index (χ3v) is 16.7. The van der Waals surface area contributed by atoms with Gasteiger partial charge in [0.1, 0.15) is 24.2 Å². The summed E-state index contributed by atoms with van der Waals surface area (Å²) < 4.78 is 3.23. The van der Waals surface area contributed by atoms with E-state index in [0.717, 1.165) is 33.4 Å². The quantitative estimate of drug-likeness (QED) is 0.0126. The highest BCUT2D eigenvalue weighted by atomic mass is 32.2. The number of carbonyl (C=O) groups is 6. The zero-order valence-corrected chi connectivity index (χ0v) is 44.0. The van der Waals surface area contributed by atoms with Crippen molar-refractivity contribution in [2.24, 2.45) is 0 Å². The minimum atomic E-state index is -1.43. The summed E-state index contributed by atoms with van der Waals surface area (Å²) in [5.41, 5.74) is 4.63. The molecule has 0 bridgehead atoms. The fourth-order valence-corrected chi connectivity index (χ4v) is 12.5. The highest BCUT2D eigenvalue weighted by Gasteiger charge is 2.47. The molecule has 1 aliphatic rings. The second kappa shape index (κ2) is 27.4. The van der Waals surface area contributed by atoms with Crippen LogP contribution in [0.3, 0.4) is 0 Å². The molecular formula is C61H64N4O9S2. The summed E-state index contributed by atoms with van der Waals surface area (Å²) in [6.45, 7) is -0.413. The van der Waals surface area contributed by atoms with Crippen LogP contribution in [-0.2, 0) is 43.0 Å². The van der Waals surface area contributed by atoms with E-state index in [2.05, 4.69) is 57.7 Å². The van der Waals surface area contributed by atoms with E-state index in [1.807, 2.05) is 152 Å². The van der Waals surface area contributed by atoms with Crippen LogP contribution in [0.25, 0.3) is 0 Å². The first-order valence-electron chi connectivity index (χ1n) is 25.3. The van der Waals surface area contributed by atoms with E-state index in [-0.39, 0.29) is 25.0 Å². The number of nitrogens with one attached hydrogen (secondary N) is 4. The maximum atomic E-state index is 14.8. The largest absolute Gasteiger partial charge is 0.481 e. The van der Waals surface area contributed by atoms with Crippen molar-refractivity contribution in [3.8, 4) is 0 Å². The number of rotatable bonds is 27. The molecule has 15 heteroatoms. The van der Waals surface area contributed by atoms with E-state index in [0.29, 0.717) is 18.6 Å². The number of benzene rings is 6. The number of carbonyl (C=O) groups excluding carboxylic acids is 5. The molecule has 7 rings (SSSR count). The molecule has 1 aliphatic carbocycles. The zero-order valence-electron chi connectivity index (χ0n) is 42.3. The number of esters is 1. The van der Waals surface area contributed by atoms with Gasteiger partial charge in [-0.05, 0) is 71.2 Å². The maximum Gasteiger partial charge on any atom is 0.325 e. The van der Waals surface area contributed by atoms with Gasteiger partial charge in [-0.1, -0.05) is 194 Å². The first-order valence-corrected chi connectivity index (χ1v) is 27.3. The number of aliphatic carboxylic acids is 1. The van der Waals surface area contributed by atoms with Gasteiger partial charge in [0, 0.05) is 12.2 Å². The molecule has 0 saturated heterocycles. The molecule has 6 aromatic rings. The predicted octanol–water partition coefficient (Wildman–Crippen LogP) is 8.30. The van der Waals surface area contributed by atoms with Crippen molar-refractivity contribution in [1.29, 1.82) is 0 Å². The summed E-state index contributed by atoms with van der Waals surface area (Å²) in [5, 5.41) is 31.8. The average molecular weight is 1060 g/mol. The summed E-state index contributed by atoms with van der Waals surface area (Å²) in [7, 11) is 1.20. The van der Waals surface area contributed by atoms with Crippen molar-refractivity contribution in [3.63, 3.8) is 0 Å². The van der Waals surface area contributed by atoms with Crippen LogP contribution >= 0.6 is 23.5 Å². The number of ether oxygens (including phenoxy) is 1. The second-order valence-corrected chi connectivity index (χ2v) is 21.0. The average Bonchev–Trinajstić information content (AvgIpc) is 3.52. The van der Waals surface area contributed by atoms with Crippen LogP contribution in [0.4, 0.5) is 0 Å². The van der Waals surface area contributed by atoms with Gasteiger partial charge in [-0.3, -0.25) is 28.8 Å². The van der Waals surface area contributed by atoms with Crippen molar-refractivity contribution in [2.75, 3.05) is 25.2 Å². The molecular weight excluding hydrogens is 997 g/mol. The Labute approximate surface area is 452 Å². The Bertz CT molecular complexity index is 2680. The third kappa shape index (κ3) is 14.1. The zero-order chi connectivity index (χ0) is 53.8. The number of aliphatic hydroxyl groups excluding tert-OH is 1. The van der Waals surface area contributed by atoms with E-state index >= 15 is 0 Å². The third-order valence-electron chi connectivity index (χ3n) is 13.5. The SMILES string of the molecule is COC(=O)CNC(=O)C1(NC(=O)[C@@H](CSC(c2ccccc2)(c2ccccc2)c2ccccc2)NC(=O)[C@@H](CCC(=O)O)NC(=O)C[C@H](O)/C=C/CCSC(c2ccccc2)(c2ccccc2)c2ccccc2)CCC1. The molecule has 6 aromatic carbocycles. The van der Waals surface area contributed by atoms with E-state index in [1.165, 1.54) is 24.9 Å². The van der Waals surface area contributed by atoms with Gasteiger partial charge in [0.25, 0.3) is 0 Å². The van der Waals surface area contributed by atoms with Crippen LogP contribution in [0.2, 0.25) is 0 Å². The van der Waals surface area contributed by atoms with Crippen molar-refractivity contribution in [2.45, 2.75) is 78.2 Å². The van der Waals surface area contributed by atoms with Gasteiger partial charge in [-0.2, -0.15) is 0 Å². The number of amides is 4. The van der Waals surface area contributed by atoms with Crippen LogP contribution in [0.1, 0.15) is 78.3 Å². The number of methoxy groups -OCH3 is 1. The summed E-state index contributed by atoms with van der Waals surface area (Å²) in [6.07, 6.45) is 2.56. The van der Waals surface area contributed by atoms with Crippen LogP contribution < -0.4 is 21.3 Å². The fourth-order valence-electron chi connectivity index (χ4n) is 9.44. The van der Waals surface area contributed by atoms with E-state index < -0.39 is 88.2 Å². The van der Waals surface area contributed by atoms with Crippen molar-refractivity contribution in [3.05, 3.63) is 228 Å². The molecule has 0 unspecified atom stereocenters. The van der Waals surface area contributed by atoms with E-state index in [4.69, 9.17) is 4.74 Å². The van der Waals surface area contributed by atoms with Gasteiger partial charge in [-0.15, -0.1) is 23.5 Å². The molecule has 0 aliphatic heterocycles. The summed E-state index contributed by atoms with van der Waals surface area (Å²) >= 11 is 3.15. The number of hydrogen-bond acceptors (Lipinski definition) is 10. The fraction of sp³-hybridized carbons (Fsp3) is 0.279. The van der Waals surface area contributed by atoms with Crippen LogP contribution in [-0.4, -0.2) is 94.7 Å². The standard InChI is InChI=1S/C61H64N4O9S2/c1-74-55(70)42-62-58(73)59(38-22-39-59)65-57(72)52(43-76-61(47-29-14-5-15-30-47,48-31-16-6-17-32-48)49-33-18-7-19-34-49)64-56(71)51(36-37-54(68)69)63-53(67)41-50(66)35-20-21-40-75-60(44-23-8-2-9-24-44,45-25-10-3-11-26-45)46-27-12-4-13-28-46/h2-20,23-35,50-52,66H,21-22,36-43H2,1H3,(H,62,73)(H,63,67)(H,64,71)(H,65,72)(H,68,69)/b35-20+/t50-,51-,52-/m1/s1. The van der Waals surface area contributed by atoms with Gasteiger partial charge >= 0.3 is 11.9 Å². The van der Waals surface area contributed by atoms with Crippen LogP contribution in [0, 0.1) is 0 Å². The lowest BCUT2D eigenvalue weighted by Gasteiger charge is -2.42. The topological polar surface area (TPSA) is 200 Å². The van der Waals surface area contributed by atoms with Crippen molar-refractivity contribution < 1.29 is 43.7 Å². The molecule has 394 valence electrons. The highest BCUT2D eigenvalue weighted by Crippen LogP contribution is 2.50. The number of allylic oxidation sites excluding steroid dienone is 1. The second-order valence-electron chi connectivity index (χ2n) is 18.5. The molecule has 0 radical (unpaired) electrons. The Morgan fingerprint density at radius 1 is 0.618 bits per heavy atom. The lowest BCUT2D eigenvalue weighted by Crippen LogP contribution is -2.66. The summed E-state index contributed by atoms with van der Waals surface area (Å²) in [6, 6.07) is 57.3. The first-order chi connectivity index (χ1) is 36.9. The molecule has 1 fully saturated rings. The minimum Gasteiger partial charge on any atom is -0.481 e. The Morgan fingerprint density at radius 2 is 1.05 bits per heavy atom. The lowest BCUT2D eigenvalue weighted by molar-refractivity contribution is -0.144. The van der Waals surface area contributed by atoms with Gasteiger partial charge < -0.3 is 36.2 Å². The molecule has 0 aromatic heterocycles. The number of hydrogen-bond donors (Lipinski definition) is 6. The number of carboxylic acids is 1. The van der Waals surface area contributed by atoms with Gasteiger partial charge in [0.05, 0.1) is 29.1 Å². The van der Waals surface area contributed by atoms with Gasteiger partial charge in [0.2, 0.25) is 23.6 Å². The lowest BCUT2D eigenvalue weighted by atomic mass is 9.75. The monoisotopic (exact) mass is 1060 g/mol. The number of thioether (sulfide) groups is 2. The Kier molecular flexibility index (Phi) is 20.3. The molecule has 6 N–H and O–H groups in total. The predicted molar refractivity (Wildman–Crippen MR) is 298 cm³/mol. The van der Waals surface area contributed by atoms with Crippen LogP contribution in [0.5, 0.6) is 0 Å². The summed E-state index contributed by atoms with van der Waals surface area (Å²) in [4.78, 5) is 80.6. The molecule has 13 nitrogen and oxygen atoms in total. The molecule has 76 heavy (non-hydrogen) atoms. The Balaban J connectivity index is 1.09. The summed E-state index contributed by atoms with van der Waals surface area (Å²) in [5.74, 6) is -4.13. The van der Waals surface area contributed by atoms with Crippen LogP contribution in [0.15, 0.2) is 194 Å².